The Morgan fingerprint density at radius 2 is 1.90 bits per heavy atom. The van der Waals surface area contributed by atoms with Crippen LogP contribution in [0, 0.1) is 13.8 Å². The molecule has 0 aromatic heterocycles. The van der Waals surface area contributed by atoms with Gasteiger partial charge in [0.15, 0.2) is 0 Å². The van der Waals surface area contributed by atoms with Gasteiger partial charge in [0.1, 0.15) is 5.75 Å². The van der Waals surface area contributed by atoms with E-state index in [9.17, 15) is 4.79 Å². The molecule has 0 atom stereocenters. The van der Waals surface area contributed by atoms with Crippen LogP contribution in [0.25, 0.3) is 0 Å². The minimum absolute atomic E-state index is 0.155. The first-order valence-electron chi connectivity index (χ1n) is 6.34. The Morgan fingerprint density at radius 1 is 1.19 bits per heavy atom. The molecule has 5 heteroatoms. The smallest absolute Gasteiger partial charge is 0.256 e. The summed E-state index contributed by atoms with van der Waals surface area (Å²) < 4.78 is 7.17. The first-order chi connectivity index (χ1) is 9.93. The predicted molar refractivity (Wildman–Crippen MR) is 92.3 cm³/mol. The molecule has 0 saturated carbocycles. The summed E-state index contributed by atoms with van der Waals surface area (Å²) in [7, 11) is 1.58. The van der Waals surface area contributed by atoms with Crippen LogP contribution in [0.1, 0.15) is 21.5 Å². The van der Waals surface area contributed by atoms with Gasteiger partial charge in [0.25, 0.3) is 5.91 Å². The maximum Gasteiger partial charge on any atom is 0.256 e. The largest absolute Gasteiger partial charge is 0.495 e. The molecule has 0 aliphatic carbocycles. The highest BCUT2D eigenvalue weighted by Crippen LogP contribution is 2.32. The van der Waals surface area contributed by atoms with Crippen LogP contribution < -0.4 is 10.1 Å². The molecule has 0 saturated heterocycles. The van der Waals surface area contributed by atoms with Gasteiger partial charge in [-0.25, -0.2) is 0 Å². The number of carbonyl (C=O) groups is 1. The van der Waals surface area contributed by atoms with Crippen LogP contribution in [0.4, 0.5) is 5.69 Å². The summed E-state index contributed by atoms with van der Waals surface area (Å²) in [5.41, 5.74) is 3.16. The van der Waals surface area contributed by atoms with E-state index in [0.29, 0.717) is 17.0 Å². The van der Waals surface area contributed by atoms with Crippen molar-refractivity contribution < 1.29 is 9.53 Å². The lowest BCUT2D eigenvalue weighted by Crippen LogP contribution is -2.15. The number of nitrogens with one attached hydrogen (secondary N) is 1. The second kappa shape index (κ2) is 6.62. The van der Waals surface area contributed by atoms with Gasteiger partial charge in [-0.05, 0) is 49.2 Å². The Morgan fingerprint density at radius 3 is 2.57 bits per heavy atom. The second-order valence-corrected chi connectivity index (χ2v) is 6.44. The van der Waals surface area contributed by atoms with Crippen molar-refractivity contribution in [3.05, 3.63) is 56.0 Å². The van der Waals surface area contributed by atoms with Crippen molar-refractivity contribution in [2.45, 2.75) is 13.8 Å². The van der Waals surface area contributed by atoms with Gasteiger partial charge < -0.3 is 10.1 Å². The first-order valence-corrected chi connectivity index (χ1v) is 7.93. The van der Waals surface area contributed by atoms with E-state index < -0.39 is 0 Å². The maximum absolute atomic E-state index is 12.5. The summed E-state index contributed by atoms with van der Waals surface area (Å²) >= 11 is 6.86. The quantitative estimate of drug-likeness (QED) is 0.762. The average molecular weight is 413 g/mol. The first kappa shape index (κ1) is 16.0. The Hall–Kier alpha value is -1.33. The van der Waals surface area contributed by atoms with E-state index in [-0.39, 0.29) is 5.91 Å². The van der Waals surface area contributed by atoms with E-state index in [4.69, 9.17) is 4.74 Å². The lowest BCUT2D eigenvalue weighted by Gasteiger charge is -2.15. The monoisotopic (exact) mass is 411 g/mol. The molecule has 0 radical (unpaired) electrons. The highest BCUT2D eigenvalue weighted by Gasteiger charge is 2.15. The summed E-state index contributed by atoms with van der Waals surface area (Å²) in [6, 6.07) is 9.33. The third kappa shape index (κ3) is 3.47. The summed E-state index contributed by atoms with van der Waals surface area (Å²) in [5, 5.41) is 2.94. The summed E-state index contributed by atoms with van der Waals surface area (Å²) in [5.74, 6) is 0.473. The number of ether oxygens (including phenoxy) is 1. The van der Waals surface area contributed by atoms with Crippen molar-refractivity contribution >= 4 is 43.5 Å². The van der Waals surface area contributed by atoms with E-state index in [1.54, 1.807) is 13.2 Å². The van der Waals surface area contributed by atoms with Crippen LogP contribution in [-0.2, 0) is 0 Å². The van der Waals surface area contributed by atoms with Crippen LogP contribution in [0.2, 0.25) is 0 Å². The molecule has 0 heterocycles. The number of carbonyl (C=O) groups excluding carboxylic acids is 1. The molecule has 0 fully saturated rings. The molecule has 0 spiro atoms. The normalized spacial score (nSPS) is 10.3. The number of rotatable bonds is 3. The third-order valence-electron chi connectivity index (χ3n) is 3.23. The molecule has 1 amide bonds. The minimum Gasteiger partial charge on any atom is -0.495 e. The van der Waals surface area contributed by atoms with Gasteiger partial charge in [0.05, 0.1) is 12.8 Å². The van der Waals surface area contributed by atoms with Gasteiger partial charge in [0, 0.05) is 14.5 Å². The molecular formula is C16H15Br2NO2. The molecule has 3 nitrogen and oxygen atoms in total. The summed E-state index contributed by atoms with van der Waals surface area (Å²) in [6.45, 7) is 3.83. The lowest BCUT2D eigenvalue weighted by molar-refractivity contribution is 0.102. The van der Waals surface area contributed by atoms with E-state index in [0.717, 1.165) is 20.1 Å². The standard InChI is InChI=1S/C16H15Br2NO2/c1-9-7-11(17)8-14(21-3)15(9)19-16(20)12-5-4-6-13(18)10(12)2/h4-8H,1-3H3,(H,19,20). The van der Waals surface area contributed by atoms with E-state index >= 15 is 0 Å². The Bertz CT molecular complexity index is 699. The van der Waals surface area contributed by atoms with E-state index in [1.165, 1.54) is 0 Å². The Balaban J connectivity index is 2.38. The molecule has 0 aliphatic heterocycles. The zero-order chi connectivity index (χ0) is 15.6. The van der Waals surface area contributed by atoms with E-state index in [1.807, 2.05) is 38.1 Å². The molecule has 2 rings (SSSR count). The van der Waals surface area contributed by atoms with E-state index in [2.05, 4.69) is 37.2 Å². The van der Waals surface area contributed by atoms with Crippen LogP contribution >= 0.6 is 31.9 Å². The van der Waals surface area contributed by atoms with Gasteiger partial charge in [-0.3, -0.25) is 4.79 Å². The van der Waals surface area contributed by atoms with Crippen molar-refractivity contribution in [1.82, 2.24) is 0 Å². The number of aryl methyl sites for hydroxylation is 1. The van der Waals surface area contributed by atoms with Gasteiger partial charge in [-0.2, -0.15) is 0 Å². The fourth-order valence-corrected chi connectivity index (χ4v) is 2.99. The summed E-state index contributed by atoms with van der Waals surface area (Å²) in [4.78, 5) is 12.5. The van der Waals surface area contributed by atoms with Gasteiger partial charge >= 0.3 is 0 Å². The molecule has 110 valence electrons. The van der Waals surface area contributed by atoms with Gasteiger partial charge in [-0.1, -0.05) is 37.9 Å². The zero-order valence-electron chi connectivity index (χ0n) is 12.0. The Labute approximate surface area is 141 Å². The molecule has 2 aromatic rings. The van der Waals surface area contributed by atoms with Crippen LogP contribution in [0.5, 0.6) is 5.75 Å². The van der Waals surface area contributed by atoms with Crippen molar-refractivity contribution in [2.24, 2.45) is 0 Å². The highest BCUT2D eigenvalue weighted by atomic mass is 79.9. The van der Waals surface area contributed by atoms with Crippen LogP contribution in [-0.4, -0.2) is 13.0 Å². The maximum atomic E-state index is 12.5. The molecule has 1 N–H and O–H groups in total. The predicted octanol–water partition coefficient (Wildman–Crippen LogP) is 5.09. The van der Waals surface area contributed by atoms with Gasteiger partial charge in [-0.15, -0.1) is 0 Å². The number of hydrogen-bond donors (Lipinski definition) is 1. The van der Waals surface area contributed by atoms with Crippen LogP contribution in [0.3, 0.4) is 0 Å². The molecule has 0 aliphatic rings. The van der Waals surface area contributed by atoms with Gasteiger partial charge in [0.2, 0.25) is 0 Å². The van der Waals surface area contributed by atoms with Crippen LogP contribution in [0.15, 0.2) is 39.3 Å². The zero-order valence-corrected chi connectivity index (χ0v) is 15.1. The van der Waals surface area contributed by atoms with Crippen molar-refractivity contribution in [3.63, 3.8) is 0 Å². The van der Waals surface area contributed by atoms with Crippen molar-refractivity contribution in [2.75, 3.05) is 12.4 Å². The topological polar surface area (TPSA) is 38.3 Å². The summed E-state index contributed by atoms with van der Waals surface area (Å²) in [6.07, 6.45) is 0. The molecule has 21 heavy (non-hydrogen) atoms. The number of hydrogen-bond acceptors (Lipinski definition) is 2. The number of anilines is 1. The second-order valence-electron chi connectivity index (χ2n) is 4.67. The fourth-order valence-electron chi connectivity index (χ4n) is 2.07. The van der Waals surface area contributed by atoms with Crippen molar-refractivity contribution in [3.8, 4) is 5.75 Å². The number of halogens is 2. The molecule has 2 aromatic carbocycles. The van der Waals surface area contributed by atoms with Crippen molar-refractivity contribution in [1.29, 1.82) is 0 Å². The highest BCUT2D eigenvalue weighted by molar-refractivity contribution is 9.10. The number of benzene rings is 2. The SMILES string of the molecule is COc1cc(Br)cc(C)c1NC(=O)c1cccc(Br)c1C. The number of amides is 1. The lowest BCUT2D eigenvalue weighted by atomic mass is 10.1. The molecular weight excluding hydrogens is 398 g/mol. The number of methoxy groups -OCH3 is 1. The molecule has 0 bridgehead atoms. The third-order valence-corrected chi connectivity index (χ3v) is 4.55. The average Bonchev–Trinajstić information content (AvgIpc) is 2.44. The fraction of sp³-hybridized carbons (Fsp3) is 0.188. The Kier molecular flexibility index (Phi) is 5.06. The minimum atomic E-state index is -0.155. The molecule has 0 unspecified atom stereocenters.